The number of nitrogens with zero attached hydrogens (tertiary/aromatic N) is 2. The van der Waals surface area contributed by atoms with Crippen LogP contribution in [-0.4, -0.2) is 28.7 Å². The molecule has 1 fully saturated rings. The van der Waals surface area contributed by atoms with Crippen molar-refractivity contribution in [2.24, 2.45) is 0 Å². The Balaban J connectivity index is 1.61. The Morgan fingerprint density at radius 3 is 3.21 bits per heavy atom. The minimum atomic E-state index is 0.317. The SMILES string of the molecule is CO[C@@H]1CCC[C@H]1Sc1nnc(Cc2cccs2)o1. The van der Waals surface area contributed by atoms with Crippen molar-refractivity contribution in [2.45, 2.75) is 42.3 Å². The number of rotatable bonds is 5. The molecule has 1 aliphatic rings. The minimum Gasteiger partial charge on any atom is -0.416 e. The molecule has 0 radical (unpaired) electrons. The average molecular weight is 296 g/mol. The molecule has 0 N–H and O–H groups in total. The molecule has 0 bridgehead atoms. The van der Waals surface area contributed by atoms with Crippen molar-refractivity contribution >= 4 is 23.1 Å². The molecule has 2 heterocycles. The Morgan fingerprint density at radius 1 is 1.47 bits per heavy atom. The van der Waals surface area contributed by atoms with Gasteiger partial charge in [0, 0.05) is 17.2 Å². The van der Waals surface area contributed by atoms with Gasteiger partial charge in [0.05, 0.1) is 12.5 Å². The van der Waals surface area contributed by atoms with Crippen molar-refractivity contribution in [3.8, 4) is 0 Å². The van der Waals surface area contributed by atoms with Crippen LogP contribution in [0.25, 0.3) is 0 Å². The lowest BCUT2D eigenvalue weighted by molar-refractivity contribution is 0.113. The molecule has 0 amide bonds. The van der Waals surface area contributed by atoms with Gasteiger partial charge >= 0.3 is 0 Å². The lowest BCUT2D eigenvalue weighted by Gasteiger charge is -2.14. The van der Waals surface area contributed by atoms with Gasteiger partial charge in [-0.2, -0.15) is 0 Å². The normalized spacial score (nSPS) is 23.0. The van der Waals surface area contributed by atoms with E-state index < -0.39 is 0 Å². The van der Waals surface area contributed by atoms with E-state index in [9.17, 15) is 0 Å². The Hall–Kier alpha value is -0.850. The number of methoxy groups -OCH3 is 1. The number of hydrogen-bond acceptors (Lipinski definition) is 6. The van der Waals surface area contributed by atoms with Gasteiger partial charge in [0.1, 0.15) is 0 Å². The van der Waals surface area contributed by atoms with E-state index in [4.69, 9.17) is 9.15 Å². The van der Waals surface area contributed by atoms with E-state index >= 15 is 0 Å². The van der Waals surface area contributed by atoms with Gasteiger partial charge in [-0.1, -0.05) is 17.8 Å². The zero-order chi connectivity index (χ0) is 13.1. The topological polar surface area (TPSA) is 48.2 Å². The van der Waals surface area contributed by atoms with Crippen LogP contribution < -0.4 is 0 Å². The summed E-state index contributed by atoms with van der Waals surface area (Å²) in [5.41, 5.74) is 0. The van der Waals surface area contributed by atoms with Crippen LogP contribution in [0.3, 0.4) is 0 Å². The highest BCUT2D eigenvalue weighted by molar-refractivity contribution is 7.99. The quantitative estimate of drug-likeness (QED) is 0.846. The highest BCUT2D eigenvalue weighted by Crippen LogP contribution is 2.35. The van der Waals surface area contributed by atoms with Gasteiger partial charge in [0.15, 0.2) is 0 Å². The van der Waals surface area contributed by atoms with E-state index in [0.29, 0.717) is 22.5 Å². The predicted octanol–water partition coefficient (Wildman–Crippen LogP) is 3.38. The van der Waals surface area contributed by atoms with Crippen LogP contribution in [0.1, 0.15) is 30.0 Å². The van der Waals surface area contributed by atoms with E-state index in [1.54, 1.807) is 30.2 Å². The fourth-order valence-electron chi connectivity index (χ4n) is 2.35. The summed E-state index contributed by atoms with van der Waals surface area (Å²) < 4.78 is 11.2. The minimum absolute atomic E-state index is 0.317. The molecule has 2 aromatic rings. The standard InChI is InChI=1S/C13H16N2O2S2/c1-16-10-5-2-6-11(10)19-13-15-14-12(17-13)8-9-4-3-7-18-9/h3-4,7,10-11H,2,5-6,8H2,1H3/t10-,11-/m1/s1. The first-order valence-corrected chi connectivity index (χ1v) is 8.15. The molecular formula is C13H16N2O2S2. The smallest absolute Gasteiger partial charge is 0.276 e. The maximum atomic E-state index is 5.70. The number of hydrogen-bond donors (Lipinski definition) is 0. The Morgan fingerprint density at radius 2 is 2.42 bits per heavy atom. The third-order valence-electron chi connectivity index (χ3n) is 3.30. The Kier molecular flexibility index (Phi) is 4.20. The predicted molar refractivity (Wildman–Crippen MR) is 75.7 cm³/mol. The number of thioether (sulfide) groups is 1. The monoisotopic (exact) mass is 296 g/mol. The van der Waals surface area contributed by atoms with Crippen LogP contribution in [0.4, 0.5) is 0 Å². The highest BCUT2D eigenvalue weighted by Gasteiger charge is 2.29. The van der Waals surface area contributed by atoms with Gasteiger partial charge in [-0.3, -0.25) is 0 Å². The summed E-state index contributed by atoms with van der Waals surface area (Å²) in [5, 5.41) is 11.4. The zero-order valence-corrected chi connectivity index (χ0v) is 12.4. The van der Waals surface area contributed by atoms with E-state index in [1.807, 2.05) is 6.07 Å². The molecule has 1 saturated carbocycles. The lowest BCUT2D eigenvalue weighted by Crippen LogP contribution is -2.18. The summed E-state index contributed by atoms with van der Waals surface area (Å²) in [5.74, 6) is 0.692. The van der Waals surface area contributed by atoms with Crippen molar-refractivity contribution in [3.63, 3.8) is 0 Å². The summed E-state index contributed by atoms with van der Waals surface area (Å²) in [6.45, 7) is 0. The van der Waals surface area contributed by atoms with E-state index in [2.05, 4.69) is 21.6 Å². The van der Waals surface area contributed by atoms with Crippen LogP contribution in [-0.2, 0) is 11.2 Å². The fraction of sp³-hybridized carbons (Fsp3) is 0.538. The zero-order valence-electron chi connectivity index (χ0n) is 10.7. The molecule has 6 heteroatoms. The second-order valence-corrected chi connectivity index (χ2v) is 6.80. The second kappa shape index (κ2) is 6.07. The first-order chi connectivity index (χ1) is 9.35. The molecular weight excluding hydrogens is 280 g/mol. The van der Waals surface area contributed by atoms with Crippen LogP contribution in [0.2, 0.25) is 0 Å². The van der Waals surface area contributed by atoms with Crippen LogP contribution in [0, 0.1) is 0 Å². The van der Waals surface area contributed by atoms with Crippen molar-refractivity contribution < 1.29 is 9.15 Å². The maximum absolute atomic E-state index is 5.70. The molecule has 0 unspecified atom stereocenters. The van der Waals surface area contributed by atoms with E-state index in [0.717, 1.165) is 19.3 Å². The third kappa shape index (κ3) is 3.19. The number of ether oxygens (including phenoxy) is 1. The van der Waals surface area contributed by atoms with Crippen molar-refractivity contribution in [1.29, 1.82) is 0 Å². The van der Waals surface area contributed by atoms with Gasteiger partial charge in [-0.25, -0.2) is 0 Å². The van der Waals surface area contributed by atoms with Gasteiger partial charge in [0.25, 0.3) is 5.22 Å². The molecule has 0 saturated heterocycles. The molecule has 2 aromatic heterocycles. The second-order valence-electron chi connectivity index (χ2n) is 4.58. The van der Waals surface area contributed by atoms with Crippen molar-refractivity contribution in [3.05, 3.63) is 28.3 Å². The molecule has 0 aromatic carbocycles. The summed E-state index contributed by atoms with van der Waals surface area (Å²) >= 11 is 3.36. The van der Waals surface area contributed by atoms with Crippen LogP contribution in [0.15, 0.2) is 27.2 Å². The van der Waals surface area contributed by atoms with E-state index in [-0.39, 0.29) is 0 Å². The molecule has 3 rings (SSSR count). The molecule has 2 atom stereocenters. The molecule has 1 aliphatic carbocycles. The number of thiophene rings is 1. The molecule has 0 aliphatic heterocycles. The van der Waals surface area contributed by atoms with Crippen molar-refractivity contribution in [1.82, 2.24) is 10.2 Å². The van der Waals surface area contributed by atoms with Gasteiger partial charge in [0.2, 0.25) is 5.89 Å². The lowest BCUT2D eigenvalue weighted by atomic mass is 10.3. The van der Waals surface area contributed by atoms with Crippen LogP contribution >= 0.6 is 23.1 Å². The largest absolute Gasteiger partial charge is 0.416 e. The summed E-state index contributed by atoms with van der Waals surface area (Å²) in [6, 6.07) is 4.12. The summed E-state index contributed by atoms with van der Waals surface area (Å²) in [6.07, 6.45) is 4.55. The maximum Gasteiger partial charge on any atom is 0.276 e. The third-order valence-corrected chi connectivity index (χ3v) is 5.39. The molecule has 19 heavy (non-hydrogen) atoms. The molecule has 4 nitrogen and oxygen atoms in total. The van der Waals surface area contributed by atoms with Crippen LogP contribution in [0.5, 0.6) is 0 Å². The first-order valence-electron chi connectivity index (χ1n) is 6.39. The molecule has 102 valence electrons. The summed E-state index contributed by atoms with van der Waals surface area (Å²) in [4.78, 5) is 1.25. The fourth-order valence-corrected chi connectivity index (χ4v) is 4.22. The van der Waals surface area contributed by atoms with Gasteiger partial charge in [-0.05, 0) is 30.7 Å². The van der Waals surface area contributed by atoms with Gasteiger partial charge in [-0.15, -0.1) is 21.5 Å². The molecule has 0 spiro atoms. The number of aromatic nitrogens is 2. The highest BCUT2D eigenvalue weighted by atomic mass is 32.2. The Bertz CT molecular complexity index is 512. The Labute approximate surface area is 120 Å². The van der Waals surface area contributed by atoms with Crippen molar-refractivity contribution in [2.75, 3.05) is 7.11 Å². The first kappa shape index (κ1) is 13.1. The van der Waals surface area contributed by atoms with Gasteiger partial charge < -0.3 is 9.15 Å². The summed E-state index contributed by atoms with van der Waals surface area (Å²) in [7, 11) is 1.78. The average Bonchev–Trinajstić information content (AvgIpc) is 3.13. The van der Waals surface area contributed by atoms with E-state index in [1.165, 1.54) is 11.3 Å².